The zero-order valence-corrected chi connectivity index (χ0v) is 24.2. The molecule has 1 saturated heterocycles. The quantitative estimate of drug-likeness (QED) is 0.298. The Morgan fingerprint density at radius 1 is 1.02 bits per heavy atom. The summed E-state index contributed by atoms with van der Waals surface area (Å²) in [6, 6.07) is 6.05. The van der Waals surface area contributed by atoms with Crippen molar-refractivity contribution in [3.63, 3.8) is 0 Å². The first-order chi connectivity index (χ1) is 19.0. The van der Waals surface area contributed by atoms with Crippen LogP contribution in [-0.4, -0.2) is 75.0 Å². The minimum atomic E-state index is -1.18. The lowest BCUT2D eigenvalue weighted by Crippen LogP contribution is -2.65. The largest absolute Gasteiger partial charge is 0.484 e. The Bertz CT molecular complexity index is 1230. The van der Waals surface area contributed by atoms with E-state index in [1.54, 1.807) is 28.8 Å². The summed E-state index contributed by atoms with van der Waals surface area (Å²) in [6.45, 7) is 7.01. The lowest BCUT2D eigenvalue weighted by atomic mass is 9.97. The molecule has 1 fully saturated rings. The van der Waals surface area contributed by atoms with Crippen molar-refractivity contribution in [2.75, 3.05) is 6.61 Å². The highest BCUT2D eigenvalue weighted by atomic mass is 35.5. The van der Waals surface area contributed by atoms with Gasteiger partial charge in [-0.2, -0.15) is 0 Å². The van der Waals surface area contributed by atoms with Gasteiger partial charge < -0.3 is 33.6 Å². The molecule has 0 aliphatic carbocycles. The van der Waals surface area contributed by atoms with E-state index in [0.717, 1.165) is 11.8 Å². The second-order valence-corrected chi connectivity index (χ2v) is 10.2. The van der Waals surface area contributed by atoms with Crippen molar-refractivity contribution in [2.45, 2.75) is 82.7 Å². The lowest BCUT2D eigenvalue weighted by Gasteiger charge is -2.44. The molecular formula is C25H31ClN4O9S. The van der Waals surface area contributed by atoms with E-state index >= 15 is 0 Å². The Labute approximate surface area is 240 Å². The topological polar surface area (TPSA) is 157 Å². The second kappa shape index (κ2) is 14.3. The number of carbonyl (C=O) groups is 4. The molecule has 1 aliphatic heterocycles. The van der Waals surface area contributed by atoms with Crippen molar-refractivity contribution in [3.8, 4) is 5.75 Å². The van der Waals surface area contributed by atoms with Crippen molar-refractivity contribution >= 4 is 47.2 Å². The average Bonchev–Trinajstić information content (AvgIpc) is 3.26. The van der Waals surface area contributed by atoms with Gasteiger partial charge in [0.2, 0.25) is 5.91 Å². The van der Waals surface area contributed by atoms with Gasteiger partial charge in [-0.3, -0.25) is 19.2 Å². The number of halogens is 1. The summed E-state index contributed by atoms with van der Waals surface area (Å²) in [5.41, 5.74) is -0.924. The molecule has 13 nitrogen and oxygen atoms in total. The summed E-state index contributed by atoms with van der Waals surface area (Å²) in [6.07, 6.45) is -3.38. The predicted octanol–water partition coefficient (Wildman–Crippen LogP) is 2.28. The number of ether oxygens (including phenoxy) is 5. The van der Waals surface area contributed by atoms with Crippen molar-refractivity contribution in [1.29, 1.82) is 0 Å². The molecule has 218 valence electrons. The molecule has 1 amide bonds. The predicted molar refractivity (Wildman–Crippen MR) is 141 cm³/mol. The molecule has 0 unspecified atom stereocenters. The number of rotatable bonds is 11. The van der Waals surface area contributed by atoms with E-state index in [1.165, 1.54) is 27.7 Å². The number of carbonyl (C=O) groups excluding carboxylic acids is 4. The van der Waals surface area contributed by atoms with Gasteiger partial charge in [-0.1, -0.05) is 35.5 Å². The second-order valence-electron chi connectivity index (χ2n) is 8.70. The van der Waals surface area contributed by atoms with E-state index < -0.39 is 53.6 Å². The zero-order chi connectivity index (χ0) is 29.4. The summed E-state index contributed by atoms with van der Waals surface area (Å²) in [7, 11) is 0. The Morgan fingerprint density at radius 3 is 2.30 bits per heavy atom. The monoisotopic (exact) mass is 598 g/mol. The number of thioether (sulfide) groups is 1. The van der Waals surface area contributed by atoms with E-state index in [4.69, 9.17) is 35.3 Å². The van der Waals surface area contributed by atoms with Crippen molar-refractivity contribution in [3.05, 3.63) is 35.1 Å². The van der Waals surface area contributed by atoms with Crippen molar-refractivity contribution < 1.29 is 42.9 Å². The van der Waals surface area contributed by atoms with Crippen LogP contribution in [0.15, 0.2) is 29.4 Å². The fraction of sp³-hybridized carbons (Fsp3) is 0.520. The Morgan fingerprint density at radius 2 is 1.70 bits per heavy atom. The molecule has 0 bridgehead atoms. The van der Waals surface area contributed by atoms with Crippen LogP contribution in [0.25, 0.3) is 0 Å². The molecule has 15 heteroatoms. The summed E-state index contributed by atoms with van der Waals surface area (Å²) >= 11 is 7.29. The van der Waals surface area contributed by atoms with Gasteiger partial charge in [-0.15, -0.1) is 10.2 Å². The molecule has 1 N–H and O–H groups in total. The number of para-hydroxylation sites is 1. The number of hydrogen-bond donors (Lipinski definition) is 1. The van der Waals surface area contributed by atoms with E-state index in [2.05, 4.69) is 15.5 Å². The Hall–Kier alpha value is -3.36. The fourth-order valence-electron chi connectivity index (χ4n) is 4.03. The van der Waals surface area contributed by atoms with Gasteiger partial charge >= 0.3 is 17.9 Å². The first-order valence-electron chi connectivity index (χ1n) is 12.4. The number of esters is 3. The van der Waals surface area contributed by atoms with Gasteiger partial charge in [0.25, 0.3) is 0 Å². The van der Waals surface area contributed by atoms with Gasteiger partial charge in [0.05, 0.1) is 5.02 Å². The first-order valence-corrected chi connectivity index (χ1v) is 13.6. The first kappa shape index (κ1) is 31.2. The van der Waals surface area contributed by atoms with Gasteiger partial charge in [0.15, 0.2) is 23.2 Å². The highest BCUT2D eigenvalue weighted by Crippen LogP contribution is 2.36. The van der Waals surface area contributed by atoms with E-state index in [1.807, 2.05) is 6.92 Å². The van der Waals surface area contributed by atoms with Gasteiger partial charge in [0.1, 0.15) is 36.5 Å². The van der Waals surface area contributed by atoms with Crippen molar-refractivity contribution in [1.82, 2.24) is 20.1 Å². The van der Waals surface area contributed by atoms with Crippen LogP contribution in [-0.2, 0) is 51.3 Å². The summed E-state index contributed by atoms with van der Waals surface area (Å²) < 4.78 is 29.9. The Balaban J connectivity index is 1.93. The highest BCUT2D eigenvalue weighted by molar-refractivity contribution is 7.99. The molecule has 0 radical (unpaired) electrons. The van der Waals surface area contributed by atoms with Crippen LogP contribution in [0.4, 0.5) is 0 Å². The minimum Gasteiger partial charge on any atom is -0.484 e. The van der Waals surface area contributed by atoms with Crippen LogP contribution >= 0.6 is 23.4 Å². The van der Waals surface area contributed by atoms with Crippen LogP contribution in [0.3, 0.4) is 0 Å². The molecule has 1 aliphatic rings. The summed E-state index contributed by atoms with van der Waals surface area (Å²) in [4.78, 5) is 47.8. The third-order valence-corrected chi connectivity index (χ3v) is 7.06. The molecule has 1 aromatic heterocycles. The third kappa shape index (κ3) is 8.32. The maximum atomic E-state index is 12.2. The molecule has 2 heterocycles. The van der Waals surface area contributed by atoms with Gasteiger partial charge in [-0.25, -0.2) is 0 Å². The van der Waals surface area contributed by atoms with E-state index in [9.17, 15) is 19.2 Å². The number of amides is 1. The summed E-state index contributed by atoms with van der Waals surface area (Å²) in [5.74, 6) is -1.40. The molecule has 5 atom stereocenters. The number of benzene rings is 1. The molecule has 40 heavy (non-hydrogen) atoms. The molecule has 3 rings (SSSR count). The molecular weight excluding hydrogens is 568 g/mol. The zero-order valence-electron chi connectivity index (χ0n) is 22.6. The van der Waals surface area contributed by atoms with Crippen LogP contribution < -0.4 is 10.1 Å². The van der Waals surface area contributed by atoms with Crippen LogP contribution in [0, 0.1) is 0 Å². The fourth-order valence-corrected chi connectivity index (χ4v) is 5.45. The maximum absolute atomic E-state index is 12.2. The molecule has 0 saturated carbocycles. The standard InChI is InChI=1S/C25H31ClN4O9S/c1-6-30-20(12-36-18-10-8-7-9-17(18)26)28-29-25(30)40-24-21(27-13(2)31)23(38-16(5)34)22(37-15(4)33)19(39-24)11-35-14(3)32/h7-10,19,21-24H,6,11-12H2,1-5H3,(H,27,31)/t19-,21-,22+,23-,24+/m1/s1. The maximum Gasteiger partial charge on any atom is 0.303 e. The summed E-state index contributed by atoms with van der Waals surface area (Å²) in [5, 5.41) is 12.1. The number of hydrogen-bond acceptors (Lipinski definition) is 12. The number of nitrogens with one attached hydrogen (secondary N) is 1. The lowest BCUT2D eigenvalue weighted by molar-refractivity contribution is -0.211. The molecule has 1 aromatic carbocycles. The third-order valence-electron chi connectivity index (χ3n) is 5.60. The SMILES string of the molecule is CCn1c(COc2ccccc2Cl)nnc1S[C@@H]1O[C@H](COC(C)=O)[C@H](OC(C)=O)[C@H](OC(C)=O)[C@H]1NC(C)=O. The van der Waals surface area contributed by atoms with E-state index in [0.29, 0.717) is 28.3 Å². The smallest absolute Gasteiger partial charge is 0.303 e. The molecule has 2 aromatic rings. The molecule has 0 spiro atoms. The Kier molecular flexibility index (Phi) is 11.2. The normalized spacial score (nSPS) is 22.2. The highest BCUT2D eigenvalue weighted by Gasteiger charge is 2.51. The van der Waals surface area contributed by atoms with Crippen LogP contribution in [0.1, 0.15) is 40.4 Å². The van der Waals surface area contributed by atoms with Crippen molar-refractivity contribution in [2.24, 2.45) is 0 Å². The number of aromatic nitrogens is 3. The van der Waals surface area contributed by atoms with Gasteiger partial charge in [-0.05, 0) is 19.1 Å². The van der Waals surface area contributed by atoms with Gasteiger partial charge in [0, 0.05) is 34.2 Å². The minimum absolute atomic E-state index is 0.0749. The average molecular weight is 599 g/mol. The van der Waals surface area contributed by atoms with E-state index in [-0.39, 0.29) is 13.2 Å². The number of nitrogens with zero attached hydrogens (tertiary/aromatic N) is 3. The van der Waals surface area contributed by atoms with Crippen LogP contribution in [0.2, 0.25) is 5.02 Å². The van der Waals surface area contributed by atoms with Crippen LogP contribution in [0.5, 0.6) is 5.75 Å².